The third kappa shape index (κ3) is 3.33. The summed E-state index contributed by atoms with van der Waals surface area (Å²) in [5, 5.41) is 0. The van der Waals surface area contributed by atoms with Crippen LogP contribution in [-0.4, -0.2) is 18.5 Å². The molecule has 0 spiro atoms. The van der Waals surface area contributed by atoms with Gasteiger partial charge in [-0.2, -0.15) is 0 Å². The van der Waals surface area contributed by atoms with Gasteiger partial charge in [0.1, 0.15) is 0 Å². The Hall–Kier alpha value is -0.720. The summed E-state index contributed by atoms with van der Waals surface area (Å²) in [5.41, 5.74) is 1.36. The fourth-order valence-corrected chi connectivity index (χ4v) is 0.662. The van der Waals surface area contributed by atoms with Crippen LogP contribution in [0.4, 0.5) is 0 Å². The van der Waals surface area contributed by atoms with Crippen LogP contribution >= 0.6 is 0 Å². The average Bonchev–Trinajstić information content (AvgIpc) is 2.00. The first-order valence-electron chi connectivity index (χ1n) is 3.84. The SMILES string of the molecule is CC.CC1=CCN(C)C=C1. The molecule has 1 rings (SSSR count). The van der Waals surface area contributed by atoms with Gasteiger partial charge >= 0.3 is 0 Å². The van der Waals surface area contributed by atoms with Gasteiger partial charge in [0.25, 0.3) is 0 Å². The third-order valence-electron chi connectivity index (χ3n) is 1.29. The first kappa shape index (κ1) is 9.28. The first-order valence-corrected chi connectivity index (χ1v) is 3.84. The van der Waals surface area contributed by atoms with E-state index in [4.69, 9.17) is 0 Å². The van der Waals surface area contributed by atoms with E-state index in [-0.39, 0.29) is 0 Å². The van der Waals surface area contributed by atoms with Crippen molar-refractivity contribution < 1.29 is 0 Å². The lowest BCUT2D eigenvalue weighted by atomic mass is 10.2. The molecule has 1 nitrogen and oxygen atoms in total. The molecule has 0 amide bonds. The molecular weight excluding hydrogens is 122 g/mol. The topological polar surface area (TPSA) is 3.24 Å². The second-order valence-corrected chi connectivity index (χ2v) is 2.20. The van der Waals surface area contributed by atoms with Gasteiger partial charge in [-0.25, -0.2) is 0 Å². The molecule has 0 bridgehead atoms. The van der Waals surface area contributed by atoms with E-state index in [1.54, 1.807) is 0 Å². The van der Waals surface area contributed by atoms with E-state index in [1.807, 2.05) is 13.8 Å². The number of likely N-dealkylation sites (N-methyl/N-ethyl adjacent to an activating group) is 1. The maximum absolute atomic E-state index is 2.21. The molecule has 0 fully saturated rings. The Morgan fingerprint density at radius 3 is 2.30 bits per heavy atom. The van der Waals surface area contributed by atoms with Crippen molar-refractivity contribution in [2.45, 2.75) is 20.8 Å². The van der Waals surface area contributed by atoms with E-state index in [1.165, 1.54) is 5.57 Å². The Bertz CT molecular complexity index is 134. The summed E-state index contributed by atoms with van der Waals surface area (Å²) in [6, 6.07) is 0. The molecule has 10 heavy (non-hydrogen) atoms. The van der Waals surface area contributed by atoms with Crippen molar-refractivity contribution in [1.82, 2.24) is 4.90 Å². The summed E-state index contributed by atoms with van der Waals surface area (Å²) in [6.45, 7) is 7.17. The van der Waals surface area contributed by atoms with Gasteiger partial charge in [0.05, 0.1) is 0 Å². The van der Waals surface area contributed by atoms with Gasteiger partial charge in [-0.15, -0.1) is 0 Å². The summed E-state index contributed by atoms with van der Waals surface area (Å²) < 4.78 is 0. The minimum atomic E-state index is 1.06. The van der Waals surface area contributed by atoms with Crippen molar-refractivity contribution in [3.05, 3.63) is 23.9 Å². The second kappa shape index (κ2) is 5.10. The molecule has 1 aliphatic heterocycles. The van der Waals surface area contributed by atoms with Crippen molar-refractivity contribution >= 4 is 0 Å². The Morgan fingerprint density at radius 2 is 2.00 bits per heavy atom. The zero-order valence-corrected chi connectivity index (χ0v) is 7.39. The van der Waals surface area contributed by atoms with Gasteiger partial charge in [0, 0.05) is 13.6 Å². The Morgan fingerprint density at radius 1 is 1.40 bits per heavy atom. The van der Waals surface area contributed by atoms with Gasteiger partial charge < -0.3 is 4.90 Å². The van der Waals surface area contributed by atoms with Crippen LogP contribution in [0.2, 0.25) is 0 Å². The molecular formula is C9H17N. The number of hydrogen-bond donors (Lipinski definition) is 0. The molecule has 0 saturated heterocycles. The van der Waals surface area contributed by atoms with Crippen molar-refractivity contribution in [3.8, 4) is 0 Å². The summed E-state index contributed by atoms with van der Waals surface area (Å²) in [7, 11) is 2.07. The molecule has 0 unspecified atom stereocenters. The largest absolute Gasteiger partial charge is 0.377 e. The van der Waals surface area contributed by atoms with Gasteiger partial charge in [-0.3, -0.25) is 0 Å². The second-order valence-electron chi connectivity index (χ2n) is 2.20. The van der Waals surface area contributed by atoms with Gasteiger partial charge in [0.2, 0.25) is 0 Å². The zero-order valence-electron chi connectivity index (χ0n) is 7.39. The van der Waals surface area contributed by atoms with Gasteiger partial charge in [-0.05, 0) is 19.2 Å². The van der Waals surface area contributed by atoms with Crippen molar-refractivity contribution in [2.24, 2.45) is 0 Å². The minimum Gasteiger partial charge on any atom is -0.377 e. The smallest absolute Gasteiger partial charge is 0.0356 e. The Balaban J connectivity index is 0.000000371. The molecule has 1 heterocycles. The van der Waals surface area contributed by atoms with E-state index in [2.05, 4.69) is 37.2 Å². The molecule has 0 aliphatic carbocycles. The van der Waals surface area contributed by atoms with E-state index in [9.17, 15) is 0 Å². The van der Waals surface area contributed by atoms with Crippen molar-refractivity contribution in [1.29, 1.82) is 0 Å². The van der Waals surface area contributed by atoms with E-state index in [0.717, 1.165) is 6.54 Å². The summed E-state index contributed by atoms with van der Waals surface area (Å²) >= 11 is 0. The lowest BCUT2D eigenvalue weighted by molar-refractivity contribution is 0.502. The molecule has 0 N–H and O–H groups in total. The van der Waals surface area contributed by atoms with Crippen LogP contribution in [0.25, 0.3) is 0 Å². The van der Waals surface area contributed by atoms with Gasteiger partial charge in [0.15, 0.2) is 0 Å². The van der Waals surface area contributed by atoms with Crippen LogP contribution in [0.1, 0.15) is 20.8 Å². The number of nitrogens with zero attached hydrogens (tertiary/aromatic N) is 1. The van der Waals surface area contributed by atoms with E-state index in [0.29, 0.717) is 0 Å². The minimum absolute atomic E-state index is 1.06. The van der Waals surface area contributed by atoms with E-state index >= 15 is 0 Å². The van der Waals surface area contributed by atoms with Crippen molar-refractivity contribution in [3.63, 3.8) is 0 Å². The summed E-state index contributed by atoms with van der Waals surface area (Å²) in [4.78, 5) is 2.15. The quantitative estimate of drug-likeness (QED) is 0.498. The normalized spacial score (nSPS) is 15.6. The van der Waals surface area contributed by atoms with Gasteiger partial charge in [-0.1, -0.05) is 25.5 Å². The maximum Gasteiger partial charge on any atom is 0.0356 e. The molecule has 58 valence electrons. The number of rotatable bonds is 0. The van der Waals surface area contributed by atoms with Crippen LogP contribution in [0.5, 0.6) is 0 Å². The van der Waals surface area contributed by atoms with Crippen LogP contribution < -0.4 is 0 Å². The summed E-state index contributed by atoms with van der Waals surface area (Å²) in [5.74, 6) is 0. The summed E-state index contributed by atoms with van der Waals surface area (Å²) in [6.07, 6.45) is 6.42. The average molecular weight is 139 g/mol. The fraction of sp³-hybridized carbons (Fsp3) is 0.556. The van der Waals surface area contributed by atoms with E-state index < -0.39 is 0 Å². The molecule has 1 aliphatic rings. The lowest BCUT2D eigenvalue weighted by Crippen LogP contribution is -2.12. The van der Waals surface area contributed by atoms with Crippen LogP contribution in [0.15, 0.2) is 23.9 Å². The highest BCUT2D eigenvalue weighted by molar-refractivity contribution is 5.19. The Kier molecular flexibility index (Phi) is 4.73. The molecule has 0 radical (unpaired) electrons. The highest BCUT2D eigenvalue weighted by Crippen LogP contribution is 2.02. The Labute approximate surface area is 64.0 Å². The predicted molar refractivity (Wildman–Crippen MR) is 46.9 cm³/mol. The molecule has 1 heteroatoms. The van der Waals surface area contributed by atoms with Crippen molar-refractivity contribution in [2.75, 3.05) is 13.6 Å². The number of hydrogen-bond acceptors (Lipinski definition) is 1. The standard InChI is InChI=1S/C7H11N.C2H6/c1-7-3-5-8(2)6-4-7;1-2/h3-5H,6H2,1-2H3;1-2H3. The predicted octanol–water partition coefficient (Wildman–Crippen LogP) is 2.42. The van der Waals surface area contributed by atoms with Crippen LogP contribution in [-0.2, 0) is 0 Å². The first-order chi connectivity index (χ1) is 4.79. The van der Waals surface area contributed by atoms with Crippen LogP contribution in [0.3, 0.4) is 0 Å². The van der Waals surface area contributed by atoms with Crippen LogP contribution in [0, 0.1) is 0 Å². The molecule has 0 saturated carbocycles. The molecule has 0 aromatic rings. The maximum atomic E-state index is 2.21. The monoisotopic (exact) mass is 139 g/mol. The fourth-order valence-electron chi connectivity index (χ4n) is 0.662. The molecule has 0 atom stereocenters. The molecule has 0 aromatic heterocycles. The number of allylic oxidation sites excluding steroid dienone is 2. The highest BCUT2D eigenvalue weighted by atomic mass is 15.1. The molecule has 0 aromatic carbocycles. The lowest BCUT2D eigenvalue weighted by Gasteiger charge is -2.14. The zero-order chi connectivity index (χ0) is 7.98. The highest BCUT2D eigenvalue weighted by Gasteiger charge is 1.92. The third-order valence-corrected chi connectivity index (χ3v) is 1.29.